The van der Waals surface area contributed by atoms with Gasteiger partial charge in [0.2, 0.25) is 0 Å². The van der Waals surface area contributed by atoms with Crippen LogP contribution in [0.1, 0.15) is 26.7 Å². The van der Waals surface area contributed by atoms with Crippen LogP contribution in [0.15, 0.2) is 12.2 Å². The minimum Gasteiger partial charge on any atom is -0.480 e. The van der Waals surface area contributed by atoms with Gasteiger partial charge in [0.1, 0.15) is 17.0 Å². The van der Waals surface area contributed by atoms with Crippen LogP contribution >= 0.6 is 0 Å². The van der Waals surface area contributed by atoms with Crippen molar-refractivity contribution in [2.75, 3.05) is 0 Å². The van der Waals surface area contributed by atoms with Gasteiger partial charge < -0.3 is 5.11 Å². The molecule has 0 aromatic carbocycles. The third kappa shape index (κ3) is 1.49. The second-order valence-electron chi connectivity index (χ2n) is 7.78. The van der Waals surface area contributed by atoms with Crippen LogP contribution in [0.3, 0.4) is 0 Å². The standard InChI is InChI=1S/C18H20O5/c1-7-3-4-8(2)18(17(22)23)14(7)15(20)12-9-5-10(11(19)6-9)13(12)16(18)21/h3-4,7-10,12-14H,5-6H2,1-2H3,(H,22,23)/t7-,8+,9-,10+,12?,13?,14-,18-/m0/s1. The summed E-state index contributed by atoms with van der Waals surface area (Å²) in [7, 11) is 0. The average Bonchev–Trinajstić information content (AvgIpc) is 3.03. The van der Waals surface area contributed by atoms with Gasteiger partial charge >= 0.3 is 5.97 Å². The summed E-state index contributed by atoms with van der Waals surface area (Å²) < 4.78 is 0. The molecule has 5 heteroatoms. The van der Waals surface area contributed by atoms with E-state index in [-0.39, 0.29) is 29.2 Å². The molecule has 0 spiro atoms. The van der Waals surface area contributed by atoms with Gasteiger partial charge in [0.15, 0.2) is 5.78 Å². The van der Waals surface area contributed by atoms with Gasteiger partial charge in [0.25, 0.3) is 0 Å². The maximum absolute atomic E-state index is 13.3. The SMILES string of the molecule is C[C@@H]1C=C[C@H](C)[C@H]2C(=O)C3C(C(=O)[C@]12C(=O)O)[C@@H]1C[C@H]3CC1=O. The Balaban J connectivity index is 1.92. The highest BCUT2D eigenvalue weighted by Gasteiger charge is 2.72. The van der Waals surface area contributed by atoms with Crippen molar-refractivity contribution in [3.05, 3.63) is 12.2 Å². The number of carboxylic acids is 1. The van der Waals surface area contributed by atoms with Crippen LogP contribution in [-0.2, 0) is 19.2 Å². The van der Waals surface area contributed by atoms with Gasteiger partial charge in [-0.2, -0.15) is 0 Å². The van der Waals surface area contributed by atoms with Gasteiger partial charge in [0, 0.05) is 30.1 Å². The lowest BCUT2D eigenvalue weighted by atomic mass is 9.47. The Morgan fingerprint density at radius 3 is 2.52 bits per heavy atom. The lowest BCUT2D eigenvalue weighted by molar-refractivity contribution is -0.179. The van der Waals surface area contributed by atoms with Crippen LogP contribution < -0.4 is 0 Å². The number of hydrogen-bond acceptors (Lipinski definition) is 4. The number of carbonyl (C=O) groups excluding carboxylic acids is 3. The predicted octanol–water partition coefficient (Wildman–Crippen LogP) is 1.51. The lowest BCUT2D eigenvalue weighted by Crippen LogP contribution is -2.65. The largest absolute Gasteiger partial charge is 0.480 e. The minimum absolute atomic E-state index is 0.0310. The number of ketones is 3. The molecular formula is C18H20O5. The Bertz CT molecular complexity index is 677. The molecule has 23 heavy (non-hydrogen) atoms. The number of fused-ring (bicyclic) bond motifs is 6. The summed E-state index contributed by atoms with van der Waals surface area (Å²) in [6.07, 6.45) is 4.55. The predicted molar refractivity (Wildman–Crippen MR) is 79.2 cm³/mol. The van der Waals surface area contributed by atoms with Crippen molar-refractivity contribution in [2.24, 2.45) is 46.8 Å². The summed E-state index contributed by atoms with van der Waals surface area (Å²) in [5, 5.41) is 9.96. The lowest BCUT2D eigenvalue weighted by Gasteiger charge is -2.51. The van der Waals surface area contributed by atoms with E-state index in [1.54, 1.807) is 13.0 Å². The van der Waals surface area contributed by atoms with Crippen molar-refractivity contribution in [1.29, 1.82) is 0 Å². The molecule has 122 valence electrons. The van der Waals surface area contributed by atoms with Crippen LogP contribution in [0.5, 0.6) is 0 Å². The normalized spacial score (nSPS) is 50.9. The highest BCUT2D eigenvalue weighted by atomic mass is 16.4. The fourth-order valence-corrected chi connectivity index (χ4v) is 5.95. The average molecular weight is 316 g/mol. The fourth-order valence-electron chi connectivity index (χ4n) is 5.95. The molecule has 3 saturated carbocycles. The van der Waals surface area contributed by atoms with E-state index in [0.29, 0.717) is 12.8 Å². The van der Waals surface area contributed by atoms with E-state index in [1.165, 1.54) is 0 Å². The number of allylic oxidation sites excluding steroid dienone is 2. The van der Waals surface area contributed by atoms with Gasteiger partial charge in [-0.3, -0.25) is 19.2 Å². The molecule has 4 aliphatic rings. The zero-order valence-corrected chi connectivity index (χ0v) is 13.2. The molecule has 8 atom stereocenters. The van der Waals surface area contributed by atoms with Crippen molar-refractivity contribution < 1.29 is 24.3 Å². The summed E-state index contributed by atoms with van der Waals surface area (Å²) >= 11 is 0. The first-order chi connectivity index (χ1) is 10.8. The van der Waals surface area contributed by atoms with Gasteiger partial charge in [-0.1, -0.05) is 26.0 Å². The van der Waals surface area contributed by atoms with Crippen LogP contribution in [0.4, 0.5) is 0 Å². The molecular weight excluding hydrogens is 296 g/mol. The Kier molecular flexibility index (Phi) is 2.83. The Labute approximate surface area is 134 Å². The molecule has 0 heterocycles. The topological polar surface area (TPSA) is 88.5 Å². The molecule has 2 unspecified atom stereocenters. The number of carbonyl (C=O) groups is 4. The molecule has 2 bridgehead atoms. The summed E-state index contributed by atoms with van der Waals surface area (Å²) in [6, 6.07) is 0. The molecule has 0 radical (unpaired) electrons. The Morgan fingerprint density at radius 2 is 1.87 bits per heavy atom. The van der Waals surface area contributed by atoms with Crippen molar-refractivity contribution in [1.82, 2.24) is 0 Å². The molecule has 1 N–H and O–H groups in total. The maximum Gasteiger partial charge on any atom is 0.318 e. The molecule has 0 amide bonds. The summed E-state index contributed by atoms with van der Waals surface area (Å²) in [5.41, 5.74) is -1.70. The second kappa shape index (κ2) is 4.40. The smallest absolute Gasteiger partial charge is 0.318 e. The molecule has 5 nitrogen and oxygen atoms in total. The zero-order valence-electron chi connectivity index (χ0n) is 13.2. The van der Waals surface area contributed by atoms with Crippen LogP contribution in [0.25, 0.3) is 0 Å². The number of hydrogen-bond donors (Lipinski definition) is 1. The summed E-state index contributed by atoms with van der Waals surface area (Å²) in [6.45, 7) is 3.51. The highest BCUT2D eigenvalue weighted by molar-refractivity contribution is 6.16. The second-order valence-corrected chi connectivity index (χ2v) is 7.78. The van der Waals surface area contributed by atoms with Gasteiger partial charge in [-0.25, -0.2) is 0 Å². The third-order valence-electron chi connectivity index (χ3n) is 6.90. The molecule has 4 aliphatic carbocycles. The summed E-state index contributed by atoms with van der Waals surface area (Å²) in [4.78, 5) is 50.8. The van der Waals surface area contributed by atoms with Crippen molar-refractivity contribution >= 4 is 23.3 Å². The first kappa shape index (κ1) is 14.8. The first-order valence-electron chi connectivity index (χ1n) is 8.34. The van der Waals surface area contributed by atoms with Crippen LogP contribution in [0, 0.1) is 46.8 Å². The quantitative estimate of drug-likeness (QED) is 0.585. The molecule has 0 aliphatic heterocycles. The van der Waals surface area contributed by atoms with Crippen molar-refractivity contribution in [3.8, 4) is 0 Å². The monoisotopic (exact) mass is 316 g/mol. The molecule has 0 aromatic heterocycles. The minimum atomic E-state index is -1.70. The van der Waals surface area contributed by atoms with E-state index >= 15 is 0 Å². The van der Waals surface area contributed by atoms with E-state index in [2.05, 4.69) is 0 Å². The Morgan fingerprint density at radius 1 is 1.17 bits per heavy atom. The van der Waals surface area contributed by atoms with Crippen LogP contribution in [-0.4, -0.2) is 28.4 Å². The van der Waals surface area contributed by atoms with Crippen molar-refractivity contribution in [2.45, 2.75) is 26.7 Å². The van der Waals surface area contributed by atoms with E-state index in [9.17, 15) is 24.3 Å². The van der Waals surface area contributed by atoms with E-state index in [1.807, 2.05) is 13.0 Å². The molecule has 4 rings (SSSR count). The molecule has 0 saturated heterocycles. The molecule has 3 fully saturated rings. The number of Topliss-reactive ketones (excluding diaryl/α,β-unsaturated/α-hetero) is 3. The van der Waals surface area contributed by atoms with Gasteiger partial charge in [-0.15, -0.1) is 0 Å². The van der Waals surface area contributed by atoms with E-state index < -0.39 is 41.0 Å². The number of carboxylic acid groups (broad SMARTS) is 1. The molecule has 0 aromatic rings. The fraction of sp³-hybridized carbons (Fsp3) is 0.667. The van der Waals surface area contributed by atoms with Crippen molar-refractivity contribution in [3.63, 3.8) is 0 Å². The van der Waals surface area contributed by atoms with Crippen LogP contribution in [0.2, 0.25) is 0 Å². The third-order valence-corrected chi connectivity index (χ3v) is 6.90. The Hall–Kier alpha value is -1.78. The number of aliphatic carboxylic acids is 1. The van der Waals surface area contributed by atoms with E-state index in [4.69, 9.17) is 0 Å². The van der Waals surface area contributed by atoms with E-state index in [0.717, 1.165) is 0 Å². The highest BCUT2D eigenvalue weighted by Crippen LogP contribution is 2.61. The zero-order chi connectivity index (χ0) is 16.7. The van der Waals surface area contributed by atoms with Gasteiger partial charge in [-0.05, 0) is 24.2 Å². The van der Waals surface area contributed by atoms with Gasteiger partial charge in [0.05, 0.1) is 0 Å². The first-order valence-corrected chi connectivity index (χ1v) is 8.34. The maximum atomic E-state index is 13.3. The number of rotatable bonds is 1. The summed E-state index contributed by atoms with van der Waals surface area (Å²) in [5.74, 6) is -4.90.